The summed E-state index contributed by atoms with van der Waals surface area (Å²) in [5.41, 5.74) is 0.282. The summed E-state index contributed by atoms with van der Waals surface area (Å²) in [5, 5.41) is 3.59. The number of fused-ring (bicyclic) bond motifs is 1. The number of halogens is 5. The number of hydrogen-bond donors (Lipinski definition) is 0. The van der Waals surface area contributed by atoms with Gasteiger partial charge in [-0.3, -0.25) is 19.2 Å². The van der Waals surface area contributed by atoms with Gasteiger partial charge in [0.25, 0.3) is 17.7 Å². The van der Waals surface area contributed by atoms with Gasteiger partial charge in [-0.05, 0) is 124 Å². The summed E-state index contributed by atoms with van der Waals surface area (Å²) < 4.78 is 6.88. The number of carbonyl (C=O) groups excluding carboxylic acids is 5. The van der Waals surface area contributed by atoms with Crippen molar-refractivity contribution >= 4 is 116 Å². The SMILES string of the molecule is O=C(CN(C(=O)c1ccc(Cl)cc1)N1C(=O)c2c(Br)c(Br)c(Br)c(Br)c2C1=O)c1ccc(OC(=O)c2cccs2)cc1. The van der Waals surface area contributed by atoms with Crippen molar-refractivity contribution in [2.24, 2.45) is 0 Å². The third kappa shape index (κ3) is 5.78. The van der Waals surface area contributed by atoms with E-state index in [2.05, 4.69) is 63.7 Å². The summed E-state index contributed by atoms with van der Waals surface area (Å²) >= 11 is 20.7. The van der Waals surface area contributed by atoms with Gasteiger partial charge in [0.05, 0.1) is 11.1 Å². The maximum atomic E-state index is 13.7. The third-order valence-corrected chi connectivity index (χ3v) is 11.9. The highest BCUT2D eigenvalue weighted by atomic mass is 79.9. The number of Topliss-reactive ketones (excluding diaryl/α,β-unsaturated/α-hetero) is 1. The highest BCUT2D eigenvalue weighted by Crippen LogP contribution is 2.45. The number of rotatable bonds is 7. The topological polar surface area (TPSA) is 101 Å². The first-order valence-corrected chi connectivity index (χ1v) is 16.1. The van der Waals surface area contributed by atoms with Gasteiger partial charge in [0.15, 0.2) is 5.78 Å². The zero-order valence-electron chi connectivity index (χ0n) is 20.7. The number of ether oxygens (including phenoxy) is 1. The molecule has 0 N–H and O–H groups in total. The van der Waals surface area contributed by atoms with Crippen molar-refractivity contribution in [2.75, 3.05) is 6.54 Å². The lowest BCUT2D eigenvalue weighted by Crippen LogP contribution is -2.51. The van der Waals surface area contributed by atoms with Gasteiger partial charge in [0.1, 0.15) is 17.2 Å². The quantitative estimate of drug-likeness (QED) is 0.0464. The van der Waals surface area contributed by atoms with Gasteiger partial charge in [-0.2, -0.15) is 5.01 Å². The molecule has 0 atom stereocenters. The highest BCUT2D eigenvalue weighted by molar-refractivity contribution is 9.15. The molecule has 0 bridgehead atoms. The van der Waals surface area contributed by atoms with Crippen molar-refractivity contribution in [2.45, 2.75) is 0 Å². The van der Waals surface area contributed by atoms with E-state index in [1.807, 2.05) is 0 Å². The predicted molar refractivity (Wildman–Crippen MR) is 170 cm³/mol. The van der Waals surface area contributed by atoms with Crippen LogP contribution in [-0.4, -0.2) is 46.0 Å². The molecule has 1 aromatic heterocycles. The average Bonchev–Trinajstić information content (AvgIpc) is 3.61. The Kier molecular flexibility index (Phi) is 9.16. The number of nitrogens with zero attached hydrogens (tertiary/aromatic N) is 2. The van der Waals surface area contributed by atoms with E-state index in [0.29, 0.717) is 32.8 Å². The van der Waals surface area contributed by atoms with Gasteiger partial charge in [0.2, 0.25) is 0 Å². The Bertz CT molecular complexity index is 1730. The monoisotopic (exact) mass is 856 g/mol. The summed E-state index contributed by atoms with van der Waals surface area (Å²) in [5.74, 6) is -3.29. The van der Waals surface area contributed by atoms with Crippen LogP contribution in [0.3, 0.4) is 0 Å². The van der Waals surface area contributed by atoms with Crippen LogP contribution >= 0.6 is 86.7 Å². The van der Waals surface area contributed by atoms with Crippen LogP contribution in [-0.2, 0) is 0 Å². The molecule has 3 amide bonds. The van der Waals surface area contributed by atoms with Crippen LogP contribution in [0.15, 0.2) is 83.9 Å². The highest BCUT2D eigenvalue weighted by Gasteiger charge is 2.46. The van der Waals surface area contributed by atoms with Crippen LogP contribution in [0, 0.1) is 0 Å². The average molecular weight is 861 g/mol. The zero-order valence-corrected chi connectivity index (χ0v) is 28.6. The van der Waals surface area contributed by atoms with E-state index in [4.69, 9.17) is 16.3 Å². The Hall–Kier alpha value is -2.68. The molecule has 42 heavy (non-hydrogen) atoms. The van der Waals surface area contributed by atoms with E-state index < -0.39 is 36.0 Å². The number of benzene rings is 3. The molecule has 4 aromatic rings. The van der Waals surface area contributed by atoms with Gasteiger partial charge in [-0.25, -0.2) is 9.80 Å². The van der Waals surface area contributed by atoms with Crippen molar-refractivity contribution in [3.63, 3.8) is 0 Å². The van der Waals surface area contributed by atoms with Crippen molar-refractivity contribution in [3.05, 3.63) is 116 Å². The van der Waals surface area contributed by atoms with Gasteiger partial charge >= 0.3 is 5.97 Å². The molecule has 0 fully saturated rings. The minimum atomic E-state index is -0.804. The fourth-order valence-corrected chi connectivity index (χ4v) is 7.20. The molecule has 0 saturated heterocycles. The zero-order chi connectivity index (χ0) is 30.3. The largest absolute Gasteiger partial charge is 0.422 e. The third-order valence-electron chi connectivity index (χ3n) is 6.05. The van der Waals surface area contributed by atoms with Crippen molar-refractivity contribution in [1.29, 1.82) is 0 Å². The molecular weight excluding hydrogens is 847 g/mol. The van der Waals surface area contributed by atoms with Gasteiger partial charge < -0.3 is 4.74 Å². The lowest BCUT2D eigenvalue weighted by Gasteiger charge is -2.29. The van der Waals surface area contributed by atoms with Crippen molar-refractivity contribution in [3.8, 4) is 5.75 Å². The van der Waals surface area contributed by atoms with E-state index in [1.165, 1.54) is 59.9 Å². The van der Waals surface area contributed by atoms with Crippen LogP contribution in [0.25, 0.3) is 0 Å². The first-order valence-electron chi connectivity index (χ1n) is 11.7. The number of hydrogen-bond acceptors (Lipinski definition) is 7. The number of carbonyl (C=O) groups is 5. The maximum Gasteiger partial charge on any atom is 0.353 e. The lowest BCUT2D eigenvalue weighted by molar-refractivity contribution is 0.00526. The van der Waals surface area contributed by atoms with E-state index in [9.17, 15) is 24.0 Å². The fraction of sp³-hybridized carbons (Fsp3) is 0.0357. The number of ketones is 1. The minimum absolute atomic E-state index is 0.0141. The first-order chi connectivity index (χ1) is 20.0. The molecule has 8 nitrogen and oxygen atoms in total. The number of hydrazine groups is 1. The molecule has 3 aromatic carbocycles. The first kappa shape index (κ1) is 30.8. The Labute approximate surface area is 281 Å². The fourth-order valence-electron chi connectivity index (χ4n) is 4.02. The maximum absolute atomic E-state index is 13.7. The standard InChI is InChI=1S/C28H13Br4ClN2O6S/c29-21-19-20(22(30)24(32)23(21)31)27(39)35(26(19)38)34(25(37)14-3-7-15(33)8-4-14)12-17(36)13-5-9-16(10-6-13)41-28(40)18-2-1-11-42-18/h1-11H,12H2. The van der Waals surface area contributed by atoms with Crippen molar-refractivity contribution < 1.29 is 28.7 Å². The van der Waals surface area contributed by atoms with Crippen LogP contribution in [0.4, 0.5) is 0 Å². The number of amides is 3. The van der Waals surface area contributed by atoms with Crippen LogP contribution in [0.1, 0.15) is 51.1 Å². The predicted octanol–water partition coefficient (Wildman–Crippen LogP) is 8.21. The molecule has 1 aliphatic rings. The van der Waals surface area contributed by atoms with Crippen LogP contribution < -0.4 is 4.74 Å². The minimum Gasteiger partial charge on any atom is -0.422 e. The van der Waals surface area contributed by atoms with Crippen LogP contribution in [0.5, 0.6) is 5.75 Å². The molecule has 212 valence electrons. The van der Waals surface area contributed by atoms with Gasteiger partial charge in [0, 0.05) is 34.0 Å². The molecule has 0 spiro atoms. The molecular formula is C28H13Br4ClN2O6S. The number of esters is 1. The second kappa shape index (κ2) is 12.5. The number of thiophene rings is 1. The Morgan fingerprint density at radius 1 is 0.786 bits per heavy atom. The summed E-state index contributed by atoms with van der Waals surface area (Å²) in [6.07, 6.45) is 0. The van der Waals surface area contributed by atoms with E-state index in [-0.39, 0.29) is 28.0 Å². The molecule has 0 unspecified atom stereocenters. The summed E-state index contributed by atoms with van der Waals surface area (Å²) in [4.78, 5) is 67.2. The summed E-state index contributed by atoms with van der Waals surface area (Å²) in [7, 11) is 0. The Morgan fingerprint density at radius 2 is 1.33 bits per heavy atom. The molecule has 0 aliphatic carbocycles. The Balaban J connectivity index is 1.47. The normalized spacial score (nSPS) is 12.4. The smallest absolute Gasteiger partial charge is 0.353 e. The molecule has 0 radical (unpaired) electrons. The second-order valence-electron chi connectivity index (χ2n) is 8.61. The van der Waals surface area contributed by atoms with E-state index >= 15 is 0 Å². The second-order valence-corrected chi connectivity index (χ2v) is 13.2. The summed E-state index contributed by atoms with van der Waals surface area (Å²) in [6.45, 7) is -0.654. The van der Waals surface area contributed by atoms with E-state index in [0.717, 1.165) is 5.01 Å². The number of imide groups is 1. The molecule has 14 heteroatoms. The van der Waals surface area contributed by atoms with Crippen molar-refractivity contribution in [1.82, 2.24) is 10.0 Å². The van der Waals surface area contributed by atoms with Gasteiger partial charge in [-0.1, -0.05) is 17.7 Å². The summed E-state index contributed by atoms with van der Waals surface area (Å²) in [6, 6.07) is 14.9. The van der Waals surface area contributed by atoms with E-state index in [1.54, 1.807) is 17.5 Å². The Morgan fingerprint density at radius 3 is 1.86 bits per heavy atom. The molecule has 2 heterocycles. The van der Waals surface area contributed by atoms with Gasteiger partial charge in [-0.15, -0.1) is 11.3 Å². The van der Waals surface area contributed by atoms with Crippen LogP contribution in [0.2, 0.25) is 5.02 Å². The lowest BCUT2D eigenvalue weighted by atomic mass is 10.1. The molecule has 5 rings (SSSR count). The molecule has 1 aliphatic heterocycles. The molecule has 0 saturated carbocycles.